The summed E-state index contributed by atoms with van der Waals surface area (Å²) in [6.07, 6.45) is 0. The van der Waals surface area contributed by atoms with Crippen LogP contribution in [0.1, 0.15) is 9.67 Å². The quantitative estimate of drug-likeness (QED) is 0.648. The number of piperazine rings is 1. The van der Waals surface area contributed by atoms with Crippen molar-refractivity contribution in [3.05, 3.63) is 36.8 Å². The summed E-state index contributed by atoms with van der Waals surface area (Å²) in [6.45, 7) is 3.07. The van der Waals surface area contributed by atoms with Crippen molar-refractivity contribution in [2.75, 3.05) is 50.6 Å². The lowest BCUT2D eigenvalue weighted by Gasteiger charge is -2.35. The van der Waals surface area contributed by atoms with Crippen LogP contribution >= 0.6 is 11.3 Å². The van der Waals surface area contributed by atoms with Crippen molar-refractivity contribution in [1.29, 1.82) is 0 Å². The van der Waals surface area contributed by atoms with Gasteiger partial charge in [-0.05, 0) is 18.5 Å². The SMILES string of the molecule is COC(=O)c1sccc1Nc1c(N2CCN(C)CC2)c(=O)c1=O. The molecule has 1 saturated heterocycles. The number of nitrogens with one attached hydrogen (secondary N) is 1. The average molecular weight is 335 g/mol. The average Bonchev–Trinajstić information content (AvgIpc) is 3.03. The van der Waals surface area contributed by atoms with E-state index in [0.717, 1.165) is 13.1 Å². The Bertz CT molecular complexity index is 798. The minimum atomic E-state index is -0.541. The van der Waals surface area contributed by atoms with Crippen LogP contribution in [0.4, 0.5) is 17.1 Å². The van der Waals surface area contributed by atoms with E-state index in [1.54, 1.807) is 11.4 Å². The second-order valence-electron chi connectivity index (χ2n) is 5.45. The highest BCUT2D eigenvalue weighted by atomic mass is 32.1. The molecule has 122 valence electrons. The first-order chi connectivity index (χ1) is 11.0. The molecule has 1 aromatic heterocycles. The first kappa shape index (κ1) is 15.7. The molecule has 8 heteroatoms. The molecular weight excluding hydrogens is 318 g/mol. The van der Waals surface area contributed by atoms with Gasteiger partial charge in [0.1, 0.15) is 16.3 Å². The van der Waals surface area contributed by atoms with Crippen LogP contribution in [-0.2, 0) is 4.74 Å². The minimum absolute atomic E-state index is 0.267. The maximum Gasteiger partial charge on any atom is 0.350 e. The van der Waals surface area contributed by atoms with Gasteiger partial charge in [0.05, 0.1) is 12.8 Å². The van der Waals surface area contributed by atoms with Gasteiger partial charge in [-0.1, -0.05) is 0 Å². The van der Waals surface area contributed by atoms with Crippen LogP contribution in [0.2, 0.25) is 0 Å². The Kier molecular flexibility index (Phi) is 4.18. The lowest BCUT2D eigenvalue weighted by Crippen LogP contribution is -2.50. The molecule has 0 saturated carbocycles. The van der Waals surface area contributed by atoms with Crippen molar-refractivity contribution in [3.8, 4) is 0 Å². The van der Waals surface area contributed by atoms with Gasteiger partial charge in [-0.15, -0.1) is 11.3 Å². The third kappa shape index (κ3) is 2.75. The Morgan fingerprint density at radius 1 is 1.22 bits per heavy atom. The van der Waals surface area contributed by atoms with Crippen LogP contribution in [0.3, 0.4) is 0 Å². The van der Waals surface area contributed by atoms with Crippen molar-refractivity contribution in [2.24, 2.45) is 0 Å². The number of esters is 1. The van der Waals surface area contributed by atoms with Crippen molar-refractivity contribution < 1.29 is 9.53 Å². The number of hydrogen-bond acceptors (Lipinski definition) is 8. The molecule has 1 aliphatic heterocycles. The van der Waals surface area contributed by atoms with Gasteiger partial charge >= 0.3 is 5.97 Å². The lowest BCUT2D eigenvalue weighted by atomic mass is 10.1. The van der Waals surface area contributed by atoms with E-state index >= 15 is 0 Å². The number of carbonyl (C=O) groups excluding carboxylic acids is 1. The molecule has 2 aromatic rings. The molecule has 3 rings (SSSR count). The number of anilines is 3. The third-order valence-corrected chi connectivity index (χ3v) is 4.89. The molecule has 0 aliphatic carbocycles. The van der Waals surface area contributed by atoms with E-state index in [1.165, 1.54) is 18.4 Å². The monoisotopic (exact) mass is 335 g/mol. The third-order valence-electron chi connectivity index (χ3n) is 4.00. The summed E-state index contributed by atoms with van der Waals surface area (Å²) in [5.74, 6) is -0.470. The first-order valence-electron chi connectivity index (χ1n) is 7.22. The van der Waals surface area contributed by atoms with Crippen molar-refractivity contribution in [1.82, 2.24) is 4.90 Å². The molecule has 1 N–H and O–H groups in total. The topological polar surface area (TPSA) is 79.0 Å². The van der Waals surface area contributed by atoms with Gasteiger partial charge in [0.25, 0.3) is 10.9 Å². The predicted molar refractivity (Wildman–Crippen MR) is 90.0 cm³/mol. The molecule has 0 bridgehead atoms. The highest BCUT2D eigenvalue weighted by Gasteiger charge is 2.29. The minimum Gasteiger partial charge on any atom is -0.465 e. The normalized spacial score (nSPS) is 15.8. The fraction of sp³-hybridized carbons (Fsp3) is 0.400. The summed E-state index contributed by atoms with van der Waals surface area (Å²) in [7, 11) is 3.32. The molecule has 23 heavy (non-hydrogen) atoms. The van der Waals surface area contributed by atoms with Gasteiger partial charge in [0.2, 0.25) is 0 Å². The molecular formula is C15H17N3O4S. The smallest absolute Gasteiger partial charge is 0.350 e. The van der Waals surface area contributed by atoms with Gasteiger partial charge < -0.3 is 19.9 Å². The summed E-state index contributed by atoms with van der Waals surface area (Å²) >= 11 is 1.22. The number of hydrogen-bond donors (Lipinski definition) is 1. The Morgan fingerprint density at radius 3 is 2.57 bits per heavy atom. The van der Waals surface area contributed by atoms with Crippen LogP contribution in [0.5, 0.6) is 0 Å². The van der Waals surface area contributed by atoms with Gasteiger partial charge in [0, 0.05) is 26.2 Å². The molecule has 1 aliphatic rings. The largest absolute Gasteiger partial charge is 0.465 e. The molecule has 2 heterocycles. The fourth-order valence-corrected chi connectivity index (χ4v) is 3.39. The number of nitrogens with zero attached hydrogens (tertiary/aromatic N) is 2. The standard InChI is InChI=1S/C15H17N3O4S/c1-17-4-6-18(7-5-17)11-10(12(19)13(11)20)16-9-3-8-23-14(9)15(21)22-2/h3,8,16H,4-7H2,1-2H3. The number of carbonyl (C=O) groups is 1. The van der Waals surface area contributed by atoms with Crippen molar-refractivity contribution in [2.45, 2.75) is 0 Å². The summed E-state index contributed by atoms with van der Waals surface area (Å²) in [5, 5.41) is 4.68. The van der Waals surface area contributed by atoms with Crippen LogP contribution in [-0.4, -0.2) is 51.2 Å². The Labute approximate surface area is 136 Å². The van der Waals surface area contributed by atoms with E-state index in [-0.39, 0.29) is 5.69 Å². The molecule has 0 spiro atoms. The number of thiophene rings is 1. The zero-order valence-corrected chi connectivity index (χ0v) is 13.7. The van der Waals surface area contributed by atoms with Crippen LogP contribution in [0, 0.1) is 0 Å². The second-order valence-corrected chi connectivity index (χ2v) is 6.37. The van der Waals surface area contributed by atoms with E-state index in [1.807, 2.05) is 11.9 Å². The zero-order valence-electron chi connectivity index (χ0n) is 12.9. The molecule has 0 amide bonds. The van der Waals surface area contributed by atoms with E-state index in [0.29, 0.717) is 29.3 Å². The van der Waals surface area contributed by atoms with Crippen LogP contribution in [0.25, 0.3) is 0 Å². The predicted octanol–water partition coefficient (Wildman–Crippen LogP) is 0.626. The van der Waals surface area contributed by atoms with Gasteiger partial charge in [-0.25, -0.2) is 4.79 Å². The molecule has 0 atom stereocenters. The van der Waals surface area contributed by atoms with E-state index in [2.05, 4.69) is 10.2 Å². The molecule has 1 aromatic carbocycles. The van der Waals surface area contributed by atoms with Crippen LogP contribution < -0.4 is 21.1 Å². The lowest BCUT2D eigenvalue weighted by molar-refractivity contribution is 0.0607. The van der Waals surface area contributed by atoms with Crippen molar-refractivity contribution >= 4 is 34.4 Å². The van der Waals surface area contributed by atoms with E-state index in [9.17, 15) is 14.4 Å². The number of likely N-dealkylation sites (N-methyl/N-ethyl adjacent to an activating group) is 1. The second kappa shape index (κ2) is 6.13. The summed E-state index contributed by atoms with van der Waals surface area (Å²) < 4.78 is 4.72. The Balaban J connectivity index is 1.86. The number of ether oxygens (including phenoxy) is 1. The first-order valence-corrected chi connectivity index (χ1v) is 8.10. The Hall–Kier alpha value is -2.19. The highest BCUT2D eigenvalue weighted by molar-refractivity contribution is 7.12. The molecule has 1 fully saturated rings. The van der Waals surface area contributed by atoms with Crippen LogP contribution in [0.15, 0.2) is 21.0 Å². The van der Waals surface area contributed by atoms with Gasteiger partial charge in [-0.2, -0.15) is 0 Å². The zero-order chi connectivity index (χ0) is 16.6. The maximum atomic E-state index is 12.0. The van der Waals surface area contributed by atoms with Gasteiger partial charge in [-0.3, -0.25) is 9.59 Å². The van der Waals surface area contributed by atoms with E-state index < -0.39 is 16.8 Å². The van der Waals surface area contributed by atoms with Gasteiger partial charge in [0.15, 0.2) is 0 Å². The molecule has 7 nitrogen and oxygen atoms in total. The summed E-state index contributed by atoms with van der Waals surface area (Å²) in [6, 6.07) is 1.70. The highest BCUT2D eigenvalue weighted by Crippen LogP contribution is 2.30. The maximum absolute atomic E-state index is 12.0. The molecule has 0 radical (unpaired) electrons. The fourth-order valence-electron chi connectivity index (χ4n) is 2.62. The molecule has 0 unspecified atom stereocenters. The van der Waals surface area contributed by atoms with Crippen molar-refractivity contribution in [3.63, 3.8) is 0 Å². The number of rotatable bonds is 4. The Morgan fingerprint density at radius 2 is 1.91 bits per heavy atom. The van der Waals surface area contributed by atoms with E-state index in [4.69, 9.17) is 4.74 Å². The summed E-state index contributed by atoms with van der Waals surface area (Å²) in [4.78, 5) is 40.1. The number of methoxy groups -OCH3 is 1. The summed E-state index contributed by atoms with van der Waals surface area (Å²) in [5.41, 5.74) is 0.172.